The van der Waals surface area contributed by atoms with Gasteiger partial charge < -0.3 is 5.32 Å². The molecule has 2 aromatic heterocycles. The molecule has 19 heavy (non-hydrogen) atoms. The average molecular weight is 276 g/mol. The minimum atomic E-state index is 0.596. The first-order valence-corrected chi connectivity index (χ1v) is 7.32. The molecule has 100 valence electrons. The van der Waals surface area contributed by atoms with Crippen molar-refractivity contribution in [3.63, 3.8) is 0 Å². The van der Waals surface area contributed by atoms with Gasteiger partial charge in [-0.3, -0.25) is 4.57 Å². The quantitative estimate of drug-likeness (QED) is 0.922. The van der Waals surface area contributed by atoms with Crippen LogP contribution in [0, 0.1) is 0 Å². The van der Waals surface area contributed by atoms with Gasteiger partial charge in [0.1, 0.15) is 6.33 Å². The van der Waals surface area contributed by atoms with Crippen molar-refractivity contribution in [3.05, 3.63) is 18.7 Å². The lowest BCUT2D eigenvalue weighted by atomic mass is 10.4. The lowest BCUT2D eigenvalue weighted by Gasteiger charge is -2.09. The Kier molecular flexibility index (Phi) is 3.63. The fraction of sp³-hybridized carbons (Fsp3) is 0.500. The number of hydrogen-bond acceptors (Lipinski definition) is 6. The highest BCUT2D eigenvalue weighted by Crippen LogP contribution is 2.33. The summed E-state index contributed by atoms with van der Waals surface area (Å²) in [6.07, 6.45) is 10.4. The van der Waals surface area contributed by atoms with E-state index in [1.807, 2.05) is 13.2 Å². The molecule has 0 saturated heterocycles. The van der Waals surface area contributed by atoms with E-state index in [4.69, 9.17) is 0 Å². The number of hydrogen-bond donors (Lipinski definition) is 1. The minimum Gasteiger partial charge on any atom is -0.357 e. The molecule has 2 heterocycles. The third kappa shape index (κ3) is 2.86. The van der Waals surface area contributed by atoms with E-state index in [1.54, 1.807) is 28.9 Å². The molecule has 1 aliphatic rings. The van der Waals surface area contributed by atoms with E-state index in [2.05, 4.69) is 25.3 Å². The van der Waals surface area contributed by atoms with E-state index in [1.165, 1.54) is 25.7 Å². The summed E-state index contributed by atoms with van der Waals surface area (Å²) in [7, 11) is 1.82. The average Bonchev–Trinajstić information content (AvgIpc) is 3.11. The van der Waals surface area contributed by atoms with Gasteiger partial charge >= 0.3 is 0 Å². The van der Waals surface area contributed by atoms with Gasteiger partial charge in [-0.1, -0.05) is 24.6 Å². The summed E-state index contributed by atoms with van der Waals surface area (Å²) in [5.41, 5.74) is 0. The number of aromatic nitrogens is 5. The summed E-state index contributed by atoms with van der Waals surface area (Å²) in [6, 6.07) is 0. The normalized spacial score (nSPS) is 15.8. The van der Waals surface area contributed by atoms with Gasteiger partial charge in [0.15, 0.2) is 5.16 Å². The Morgan fingerprint density at radius 3 is 2.79 bits per heavy atom. The van der Waals surface area contributed by atoms with Gasteiger partial charge in [-0.15, -0.1) is 0 Å². The molecule has 1 aliphatic carbocycles. The topological polar surface area (TPSA) is 68.5 Å². The molecule has 6 nitrogen and oxygen atoms in total. The maximum atomic E-state index is 4.51. The van der Waals surface area contributed by atoms with Crippen LogP contribution in [0.1, 0.15) is 25.7 Å². The first-order chi connectivity index (χ1) is 9.35. The molecular formula is C12H16N6S. The Morgan fingerprint density at radius 2 is 2.11 bits per heavy atom. The highest BCUT2D eigenvalue weighted by Gasteiger charge is 2.18. The second-order valence-electron chi connectivity index (χ2n) is 4.49. The molecule has 1 fully saturated rings. The molecule has 3 rings (SSSR count). The molecule has 0 amide bonds. The highest BCUT2D eigenvalue weighted by molar-refractivity contribution is 7.99. The number of nitrogens with zero attached hydrogens (tertiary/aromatic N) is 5. The Bertz CT molecular complexity index is 535. The van der Waals surface area contributed by atoms with Crippen LogP contribution < -0.4 is 5.32 Å². The fourth-order valence-electron chi connectivity index (χ4n) is 2.16. The van der Waals surface area contributed by atoms with E-state index >= 15 is 0 Å². The van der Waals surface area contributed by atoms with E-state index in [9.17, 15) is 0 Å². The molecule has 0 aliphatic heterocycles. The van der Waals surface area contributed by atoms with Gasteiger partial charge in [0.05, 0.1) is 0 Å². The summed E-state index contributed by atoms with van der Waals surface area (Å²) >= 11 is 1.76. The molecule has 1 saturated carbocycles. The summed E-state index contributed by atoms with van der Waals surface area (Å²) in [5.74, 6) is 1.21. The van der Waals surface area contributed by atoms with Gasteiger partial charge in [-0.05, 0) is 12.8 Å². The number of imidazole rings is 1. The van der Waals surface area contributed by atoms with E-state index in [-0.39, 0.29) is 0 Å². The zero-order valence-electron chi connectivity index (χ0n) is 10.8. The molecule has 0 unspecified atom stereocenters. The summed E-state index contributed by atoms with van der Waals surface area (Å²) in [6.45, 7) is 0. The first-order valence-electron chi connectivity index (χ1n) is 6.44. The molecule has 0 atom stereocenters. The van der Waals surface area contributed by atoms with Crippen LogP contribution in [0.4, 0.5) is 5.95 Å². The van der Waals surface area contributed by atoms with E-state index in [0.717, 1.165) is 5.16 Å². The van der Waals surface area contributed by atoms with Gasteiger partial charge in [-0.25, -0.2) is 4.98 Å². The molecule has 7 heteroatoms. The molecule has 0 spiro atoms. The zero-order chi connectivity index (χ0) is 13.1. The fourth-order valence-corrected chi connectivity index (χ4v) is 3.30. The maximum Gasteiger partial charge on any atom is 0.240 e. The first kappa shape index (κ1) is 12.4. The van der Waals surface area contributed by atoms with Gasteiger partial charge in [0, 0.05) is 24.7 Å². The Morgan fingerprint density at radius 1 is 1.26 bits per heavy atom. The van der Waals surface area contributed by atoms with Crippen molar-refractivity contribution >= 4 is 17.7 Å². The van der Waals surface area contributed by atoms with Gasteiger partial charge in [-0.2, -0.15) is 15.0 Å². The van der Waals surface area contributed by atoms with Crippen molar-refractivity contribution in [2.45, 2.75) is 36.1 Å². The number of anilines is 1. The van der Waals surface area contributed by atoms with Crippen molar-refractivity contribution in [1.29, 1.82) is 0 Å². The number of thioether (sulfide) groups is 1. The maximum absolute atomic E-state index is 4.51. The van der Waals surface area contributed by atoms with E-state index < -0.39 is 0 Å². The predicted octanol–water partition coefficient (Wildman–Crippen LogP) is 2.13. The lowest BCUT2D eigenvalue weighted by Crippen LogP contribution is -2.07. The number of nitrogens with one attached hydrogen (secondary N) is 1. The summed E-state index contributed by atoms with van der Waals surface area (Å²) in [4.78, 5) is 17.3. The molecule has 0 radical (unpaired) electrons. The van der Waals surface area contributed by atoms with Crippen LogP contribution in [-0.4, -0.2) is 36.8 Å². The van der Waals surface area contributed by atoms with Crippen molar-refractivity contribution in [2.75, 3.05) is 12.4 Å². The van der Waals surface area contributed by atoms with Crippen molar-refractivity contribution < 1.29 is 0 Å². The van der Waals surface area contributed by atoms with Crippen LogP contribution in [0.5, 0.6) is 0 Å². The molecule has 0 bridgehead atoms. The lowest BCUT2D eigenvalue weighted by molar-refractivity contribution is 0.817. The SMILES string of the molecule is CNc1nc(SC2CCCC2)nc(-n2ccnc2)n1. The second-order valence-corrected chi connectivity index (χ2v) is 5.75. The van der Waals surface area contributed by atoms with Crippen LogP contribution in [-0.2, 0) is 0 Å². The van der Waals surface area contributed by atoms with E-state index in [0.29, 0.717) is 17.1 Å². The zero-order valence-corrected chi connectivity index (χ0v) is 11.6. The van der Waals surface area contributed by atoms with Crippen LogP contribution in [0.15, 0.2) is 23.9 Å². The third-order valence-electron chi connectivity index (χ3n) is 3.14. The highest BCUT2D eigenvalue weighted by atomic mass is 32.2. The Hall–Kier alpha value is -1.63. The summed E-state index contributed by atoms with van der Waals surface area (Å²) < 4.78 is 1.79. The van der Waals surface area contributed by atoms with Crippen molar-refractivity contribution in [3.8, 4) is 5.95 Å². The van der Waals surface area contributed by atoms with Crippen LogP contribution in [0.2, 0.25) is 0 Å². The standard InChI is InChI=1S/C12H16N6S/c1-13-10-15-11(18-7-6-14-8-18)17-12(16-10)19-9-4-2-3-5-9/h6-9H,2-5H2,1H3,(H,13,15,16,17). The molecule has 2 aromatic rings. The second kappa shape index (κ2) is 5.56. The minimum absolute atomic E-state index is 0.596. The third-order valence-corrected chi connectivity index (χ3v) is 4.33. The van der Waals surface area contributed by atoms with Crippen LogP contribution in [0.25, 0.3) is 5.95 Å². The van der Waals surface area contributed by atoms with Crippen molar-refractivity contribution in [2.24, 2.45) is 0 Å². The number of rotatable bonds is 4. The monoisotopic (exact) mass is 276 g/mol. The molecular weight excluding hydrogens is 260 g/mol. The van der Waals surface area contributed by atoms with Crippen LogP contribution in [0.3, 0.4) is 0 Å². The van der Waals surface area contributed by atoms with Gasteiger partial charge in [0.2, 0.25) is 11.9 Å². The Labute approximate surface area is 116 Å². The summed E-state index contributed by atoms with van der Waals surface area (Å²) in [5, 5.41) is 4.41. The molecule has 0 aromatic carbocycles. The molecule has 1 N–H and O–H groups in total. The van der Waals surface area contributed by atoms with Crippen molar-refractivity contribution in [1.82, 2.24) is 24.5 Å². The van der Waals surface area contributed by atoms with Crippen LogP contribution >= 0.6 is 11.8 Å². The van der Waals surface area contributed by atoms with Gasteiger partial charge in [0.25, 0.3) is 0 Å². The smallest absolute Gasteiger partial charge is 0.240 e. The largest absolute Gasteiger partial charge is 0.357 e. The predicted molar refractivity (Wildman–Crippen MR) is 74.6 cm³/mol. The Balaban J connectivity index is 1.88.